The average Bonchev–Trinajstić information content (AvgIpc) is 2.97. The van der Waals surface area contributed by atoms with E-state index in [4.69, 9.17) is 19.7 Å². The van der Waals surface area contributed by atoms with Crippen molar-refractivity contribution in [1.29, 1.82) is 0 Å². The van der Waals surface area contributed by atoms with Gasteiger partial charge in [0.15, 0.2) is 0 Å². The largest absolute Gasteiger partial charge is 0.491 e. The number of rotatable bonds is 12. The highest BCUT2D eigenvalue weighted by Crippen LogP contribution is 2.37. The Bertz CT molecular complexity index is 1160. The third-order valence-electron chi connectivity index (χ3n) is 5.73. The number of anilines is 3. The first-order valence-electron chi connectivity index (χ1n) is 12.1. The van der Waals surface area contributed by atoms with Crippen molar-refractivity contribution >= 4 is 17.1 Å². The zero-order valence-electron chi connectivity index (χ0n) is 20.4. The molecule has 4 aromatic carbocycles. The van der Waals surface area contributed by atoms with Gasteiger partial charge in [-0.15, -0.1) is 0 Å². The van der Waals surface area contributed by atoms with Crippen molar-refractivity contribution in [3.05, 3.63) is 103 Å². The molecule has 4 N–H and O–H groups in total. The Morgan fingerprint density at radius 3 is 1.30 bits per heavy atom. The van der Waals surface area contributed by atoms with Crippen LogP contribution >= 0.6 is 0 Å². The lowest BCUT2D eigenvalue weighted by atomic mass is 10.0. The molecule has 2 unspecified atom stereocenters. The van der Waals surface area contributed by atoms with Gasteiger partial charge in [-0.1, -0.05) is 42.5 Å². The fourth-order valence-corrected chi connectivity index (χ4v) is 3.75. The fraction of sp³-hybridized carbons (Fsp3) is 0.200. The monoisotopic (exact) mass is 501 g/mol. The Morgan fingerprint density at radius 1 is 0.514 bits per heavy atom. The van der Waals surface area contributed by atoms with E-state index in [2.05, 4.69) is 41.3 Å². The summed E-state index contributed by atoms with van der Waals surface area (Å²) < 4.78 is 11.1. The minimum atomic E-state index is -0.932. The van der Waals surface area contributed by atoms with Crippen molar-refractivity contribution < 1.29 is 29.9 Å². The molecule has 37 heavy (non-hydrogen) atoms. The molecule has 7 nitrogen and oxygen atoms in total. The van der Waals surface area contributed by atoms with Gasteiger partial charge in [0.1, 0.15) is 36.9 Å². The molecule has 0 bridgehead atoms. The third-order valence-corrected chi connectivity index (χ3v) is 5.73. The van der Waals surface area contributed by atoms with Crippen LogP contribution in [0.25, 0.3) is 11.1 Å². The van der Waals surface area contributed by atoms with Crippen LogP contribution in [-0.2, 0) is 0 Å². The summed E-state index contributed by atoms with van der Waals surface area (Å²) in [6, 6.07) is 33.4. The van der Waals surface area contributed by atoms with E-state index in [9.17, 15) is 10.2 Å². The zero-order chi connectivity index (χ0) is 26.0. The highest BCUT2D eigenvalue weighted by atomic mass is 16.5. The van der Waals surface area contributed by atoms with Gasteiger partial charge in [-0.3, -0.25) is 0 Å². The molecule has 0 aliphatic rings. The zero-order valence-corrected chi connectivity index (χ0v) is 20.4. The number of ether oxygens (including phenoxy) is 2. The van der Waals surface area contributed by atoms with Crippen LogP contribution in [0.3, 0.4) is 0 Å². The van der Waals surface area contributed by atoms with Gasteiger partial charge < -0.3 is 34.8 Å². The number of hydrogen-bond donors (Lipinski definition) is 4. The highest BCUT2D eigenvalue weighted by Gasteiger charge is 2.14. The van der Waals surface area contributed by atoms with E-state index in [1.165, 1.54) is 0 Å². The molecule has 4 rings (SSSR count). The average molecular weight is 502 g/mol. The number of nitrogens with zero attached hydrogens (tertiary/aromatic N) is 1. The summed E-state index contributed by atoms with van der Waals surface area (Å²) in [5.74, 6) is 1.17. The molecular formula is C30H31NO6. The molecule has 0 radical (unpaired) electrons. The quantitative estimate of drug-likeness (QED) is 0.230. The number of hydrogen-bond acceptors (Lipinski definition) is 7. The van der Waals surface area contributed by atoms with Gasteiger partial charge in [-0.25, -0.2) is 0 Å². The molecule has 0 heterocycles. The van der Waals surface area contributed by atoms with Crippen LogP contribution in [0, 0.1) is 0 Å². The number of benzene rings is 4. The van der Waals surface area contributed by atoms with Crippen molar-refractivity contribution in [3.8, 4) is 22.6 Å². The van der Waals surface area contributed by atoms with E-state index in [0.717, 1.165) is 28.2 Å². The lowest BCUT2D eigenvalue weighted by Crippen LogP contribution is -2.21. The maximum Gasteiger partial charge on any atom is 0.119 e. The molecule has 7 heteroatoms. The Hall–Kier alpha value is -3.88. The van der Waals surface area contributed by atoms with Gasteiger partial charge in [0, 0.05) is 17.1 Å². The second kappa shape index (κ2) is 12.9. The maximum absolute atomic E-state index is 9.55. The summed E-state index contributed by atoms with van der Waals surface area (Å²) in [5.41, 5.74) is 4.99. The van der Waals surface area contributed by atoms with Gasteiger partial charge in [0.2, 0.25) is 0 Å². The number of aliphatic hydroxyl groups excluding tert-OH is 4. The predicted molar refractivity (Wildman–Crippen MR) is 144 cm³/mol. The van der Waals surface area contributed by atoms with Crippen LogP contribution in [0.4, 0.5) is 17.1 Å². The minimum Gasteiger partial charge on any atom is -0.491 e. The Labute approximate surface area is 216 Å². The summed E-state index contributed by atoms with van der Waals surface area (Å²) in [4.78, 5) is 2.09. The van der Waals surface area contributed by atoms with Crippen LogP contribution in [0.5, 0.6) is 11.5 Å². The van der Waals surface area contributed by atoms with Gasteiger partial charge in [0.25, 0.3) is 0 Å². The van der Waals surface area contributed by atoms with Crippen molar-refractivity contribution in [2.75, 3.05) is 31.3 Å². The van der Waals surface area contributed by atoms with Crippen LogP contribution in [-0.4, -0.2) is 59.1 Å². The van der Waals surface area contributed by atoms with E-state index >= 15 is 0 Å². The van der Waals surface area contributed by atoms with E-state index < -0.39 is 12.2 Å². The van der Waals surface area contributed by atoms with Gasteiger partial charge in [-0.2, -0.15) is 0 Å². The van der Waals surface area contributed by atoms with Crippen LogP contribution in [0.15, 0.2) is 103 Å². The molecule has 0 amide bonds. The maximum atomic E-state index is 9.55. The topological polar surface area (TPSA) is 103 Å². The molecule has 0 saturated carbocycles. The Kier molecular flexibility index (Phi) is 9.13. The second-order valence-electron chi connectivity index (χ2n) is 8.53. The number of aliphatic hydroxyl groups is 4. The summed E-state index contributed by atoms with van der Waals surface area (Å²) in [6.45, 7) is -0.701. The molecule has 0 aliphatic carbocycles. The summed E-state index contributed by atoms with van der Waals surface area (Å²) >= 11 is 0. The minimum absolute atomic E-state index is 0.00689. The standard InChI is InChI=1S/C30H31NO6/c32-18-27(34)20-36-29-14-10-25(11-15-29)31(26-12-16-30(17-13-26)37-21-28(35)19-33)24-8-6-23(7-9-24)22-4-2-1-3-5-22/h1-17,27-28,32-35H,18-21H2. The van der Waals surface area contributed by atoms with Crippen molar-refractivity contribution in [2.45, 2.75) is 12.2 Å². The van der Waals surface area contributed by atoms with Crippen molar-refractivity contribution in [1.82, 2.24) is 0 Å². The van der Waals surface area contributed by atoms with E-state index in [0.29, 0.717) is 11.5 Å². The summed E-state index contributed by atoms with van der Waals surface area (Å²) in [5, 5.41) is 37.1. The van der Waals surface area contributed by atoms with Crippen LogP contribution in [0.1, 0.15) is 0 Å². The third kappa shape index (κ3) is 7.09. The fourth-order valence-electron chi connectivity index (χ4n) is 3.75. The smallest absolute Gasteiger partial charge is 0.119 e. The Balaban J connectivity index is 1.61. The van der Waals surface area contributed by atoms with Gasteiger partial charge >= 0.3 is 0 Å². The molecule has 2 atom stereocenters. The van der Waals surface area contributed by atoms with E-state index in [1.54, 1.807) is 0 Å². The Morgan fingerprint density at radius 2 is 0.892 bits per heavy atom. The molecule has 0 fully saturated rings. The molecular weight excluding hydrogens is 470 g/mol. The normalized spacial score (nSPS) is 12.5. The first kappa shape index (κ1) is 26.2. The van der Waals surface area contributed by atoms with Crippen molar-refractivity contribution in [3.63, 3.8) is 0 Å². The molecule has 0 saturated heterocycles. The first-order valence-corrected chi connectivity index (χ1v) is 12.1. The second-order valence-corrected chi connectivity index (χ2v) is 8.53. The summed E-state index contributed by atoms with van der Waals surface area (Å²) in [7, 11) is 0. The van der Waals surface area contributed by atoms with E-state index in [-0.39, 0.29) is 26.4 Å². The molecule has 0 spiro atoms. The first-order chi connectivity index (χ1) is 18.1. The highest BCUT2D eigenvalue weighted by molar-refractivity contribution is 5.78. The van der Waals surface area contributed by atoms with Crippen LogP contribution in [0.2, 0.25) is 0 Å². The predicted octanol–water partition coefficient (Wildman–Crippen LogP) is 4.29. The van der Waals surface area contributed by atoms with Crippen molar-refractivity contribution in [2.24, 2.45) is 0 Å². The lowest BCUT2D eigenvalue weighted by Gasteiger charge is -2.26. The van der Waals surface area contributed by atoms with E-state index in [1.807, 2.05) is 66.7 Å². The molecule has 192 valence electrons. The summed E-state index contributed by atoms with van der Waals surface area (Å²) in [6.07, 6.45) is -1.86. The van der Waals surface area contributed by atoms with Crippen LogP contribution < -0.4 is 14.4 Å². The van der Waals surface area contributed by atoms with Gasteiger partial charge in [-0.05, 0) is 71.8 Å². The molecule has 0 aromatic heterocycles. The van der Waals surface area contributed by atoms with Gasteiger partial charge in [0.05, 0.1) is 13.2 Å². The molecule has 0 aliphatic heterocycles. The SMILES string of the molecule is OCC(O)COc1ccc(N(c2ccc(OCC(O)CO)cc2)c2ccc(-c3ccccc3)cc2)cc1. The lowest BCUT2D eigenvalue weighted by molar-refractivity contribution is 0.0536. The molecule has 4 aromatic rings.